The molecule has 0 aliphatic heterocycles. The number of ether oxygens (including phenoxy) is 1. The van der Waals surface area contributed by atoms with Gasteiger partial charge in [0.25, 0.3) is 10.1 Å². The molecule has 0 aliphatic carbocycles. The molecule has 0 amide bonds. The van der Waals surface area contributed by atoms with Crippen LogP contribution < -0.4 is 4.74 Å². The number of hydrogen-bond acceptors (Lipinski definition) is 4. The van der Waals surface area contributed by atoms with Gasteiger partial charge in [-0.3, -0.25) is 4.55 Å². The first-order chi connectivity index (χ1) is 13.5. The van der Waals surface area contributed by atoms with Gasteiger partial charge in [-0.05, 0) is 77.4 Å². The van der Waals surface area contributed by atoms with E-state index in [0.717, 1.165) is 40.2 Å². The maximum absolute atomic E-state index is 11.0. The van der Waals surface area contributed by atoms with E-state index < -0.39 is 10.1 Å². The fourth-order valence-corrected chi connectivity index (χ4v) is 4.14. The topological polar surface area (TPSA) is 63.6 Å². The average Bonchev–Trinajstić information content (AvgIpc) is 2.69. The largest absolute Gasteiger partial charge is 0.494 e. The second-order valence-electron chi connectivity index (χ2n) is 6.32. The van der Waals surface area contributed by atoms with Crippen molar-refractivity contribution in [1.82, 2.24) is 0 Å². The van der Waals surface area contributed by atoms with Crippen molar-refractivity contribution in [1.29, 1.82) is 0 Å². The van der Waals surface area contributed by atoms with Crippen molar-refractivity contribution in [2.75, 3.05) is 12.4 Å². The Hall–Kier alpha value is -2.28. The van der Waals surface area contributed by atoms with Crippen LogP contribution in [0.2, 0.25) is 0 Å². The van der Waals surface area contributed by atoms with Gasteiger partial charge in [0.2, 0.25) is 0 Å². The molecular weight excluding hydrogens is 392 g/mol. The molecule has 0 bridgehead atoms. The van der Waals surface area contributed by atoms with Crippen LogP contribution in [-0.2, 0) is 10.1 Å². The molecule has 6 heteroatoms. The van der Waals surface area contributed by atoms with Gasteiger partial charge in [-0.25, -0.2) is 0 Å². The van der Waals surface area contributed by atoms with E-state index in [2.05, 4.69) is 24.8 Å². The summed E-state index contributed by atoms with van der Waals surface area (Å²) >= 11 is 1.65. The Labute approximate surface area is 170 Å². The second-order valence-corrected chi connectivity index (χ2v) is 8.91. The number of thioether (sulfide) groups is 1. The van der Waals surface area contributed by atoms with E-state index in [1.54, 1.807) is 23.9 Å². The first-order valence-electron chi connectivity index (χ1n) is 8.95. The highest BCUT2D eigenvalue weighted by Gasteiger charge is 2.08. The third kappa shape index (κ3) is 5.61. The second kappa shape index (κ2) is 9.28. The van der Waals surface area contributed by atoms with Crippen molar-refractivity contribution < 1.29 is 17.7 Å². The zero-order valence-electron chi connectivity index (χ0n) is 15.4. The van der Waals surface area contributed by atoms with Gasteiger partial charge in [-0.15, -0.1) is 11.8 Å². The molecule has 0 saturated heterocycles. The van der Waals surface area contributed by atoms with Crippen molar-refractivity contribution in [2.24, 2.45) is 0 Å². The highest BCUT2D eigenvalue weighted by atomic mass is 32.2. The highest BCUT2D eigenvalue weighted by Crippen LogP contribution is 2.24. The molecule has 3 aromatic rings. The normalized spacial score (nSPS) is 11.5. The summed E-state index contributed by atoms with van der Waals surface area (Å²) < 4.78 is 36.9. The van der Waals surface area contributed by atoms with Crippen LogP contribution in [0.15, 0.2) is 77.0 Å². The summed E-state index contributed by atoms with van der Waals surface area (Å²) in [5, 5.41) is 2.31. The Kier molecular flexibility index (Phi) is 6.78. The van der Waals surface area contributed by atoms with Crippen molar-refractivity contribution in [2.45, 2.75) is 22.6 Å². The molecule has 0 fully saturated rings. The van der Waals surface area contributed by atoms with Crippen molar-refractivity contribution in [3.05, 3.63) is 72.8 Å². The van der Waals surface area contributed by atoms with E-state index in [4.69, 9.17) is 9.29 Å². The minimum absolute atomic E-state index is 0.0821. The minimum atomic E-state index is -4.13. The SMILES string of the molecule is C=Cc1ccc2cc(OCCCCSc3ccc(S(=O)(=O)O)cc3)ccc2c1. The molecule has 4 nitrogen and oxygen atoms in total. The van der Waals surface area contributed by atoms with Crippen LogP contribution in [0.4, 0.5) is 0 Å². The molecule has 0 heterocycles. The van der Waals surface area contributed by atoms with Gasteiger partial charge < -0.3 is 4.74 Å². The maximum atomic E-state index is 11.0. The molecule has 0 radical (unpaired) electrons. The van der Waals surface area contributed by atoms with Crippen LogP contribution in [-0.4, -0.2) is 25.3 Å². The highest BCUT2D eigenvalue weighted by molar-refractivity contribution is 7.99. The van der Waals surface area contributed by atoms with Gasteiger partial charge in [0.15, 0.2) is 0 Å². The lowest BCUT2D eigenvalue weighted by atomic mass is 10.1. The fourth-order valence-electron chi connectivity index (χ4n) is 2.75. The summed E-state index contributed by atoms with van der Waals surface area (Å²) in [6, 6.07) is 18.6. The van der Waals surface area contributed by atoms with Crippen molar-refractivity contribution in [3.63, 3.8) is 0 Å². The van der Waals surface area contributed by atoms with Crippen LogP contribution in [0, 0.1) is 0 Å². The predicted octanol–water partition coefficient (Wildman–Crippen LogP) is 5.68. The van der Waals surface area contributed by atoms with Crippen LogP contribution in [0.1, 0.15) is 18.4 Å². The van der Waals surface area contributed by atoms with Crippen LogP contribution in [0.25, 0.3) is 16.8 Å². The standard InChI is InChI=1S/C22H22O4S2/c1-2-17-5-6-19-16-20(8-7-18(19)15-17)26-13-3-4-14-27-21-9-11-22(12-10-21)28(23,24)25/h2,5-12,15-16H,1,3-4,13-14H2,(H,23,24,25). The van der Waals surface area contributed by atoms with E-state index in [1.807, 2.05) is 24.3 Å². The maximum Gasteiger partial charge on any atom is 0.294 e. The smallest absolute Gasteiger partial charge is 0.294 e. The third-order valence-electron chi connectivity index (χ3n) is 4.27. The summed E-state index contributed by atoms with van der Waals surface area (Å²) in [7, 11) is -4.13. The van der Waals surface area contributed by atoms with Gasteiger partial charge in [0.1, 0.15) is 5.75 Å². The molecule has 0 unspecified atom stereocenters. The monoisotopic (exact) mass is 414 g/mol. The quantitative estimate of drug-likeness (QED) is 0.277. The number of fused-ring (bicyclic) bond motifs is 1. The average molecular weight is 415 g/mol. The number of rotatable bonds is 9. The Morgan fingerprint density at radius 2 is 1.68 bits per heavy atom. The van der Waals surface area contributed by atoms with Gasteiger partial charge in [0.05, 0.1) is 11.5 Å². The molecule has 28 heavy (non-hydrogen) atoms. The Morgan fingerprint density at radius 1 is 0.964 bits per heavy atom. The van der Waals surface area contributed by atoms with Crippen molar-refractivity contribution in [3.8, 4) is 5.75 Å². The molecule has 3 aromatic carbocycles. The molecule has 0 aliphatic rings. The zero-order valence-corrected chi connectivity index (χ0v) is 17.0. The molecule has 0 aromatic heterocycles. The van der Waals surface area contributed by atoms with Gasteiger partial charge in [0, 0.05) is 4.90 Å². The number of hydrogen-bond donors (Lipinski definition) is 1. The van der Waals surface area contributed by atoms with Crippen LogP contribution in [0.5, 0.6) is 5.75 Å². The molecular formula is C22H22O4S2. The molecule has 0 spiro atoms. The van der Waals surface area contributed by atoms with Gasteiger partial charge >= 0.3 is 0 Å². The Morgan fingerprint density at radius 3 is 2.39 bits per heavy atom. The van der Waals surface area contributed by atoms with E-state index in [1.165, 1.54) is 17.5 Å². The van der Waals surface area contributed by atoms with Crippen LogP contribution >= 0.6 is 11.8 Å². The molecule has 3 rings (SSSR count). The summed E-state index contributed by atoms with van der Waals surface area (Å²) in [5.41, 5.74) is 1.10. The van der Waals surface area contributed by atoms with Crippen LogP contribution in [0.3, 0.4) is 0 Å². The lowest BCUT2D eigenvalue weighted by Crippen LogP contribution is -1.98. The molecule has 0 saturated carbocycles. The fraction of sp³-hybridized carbons (Fsp3) is 0.182. The van der Waals surface area contributed by atoms with Gasteiger partial charge in [-0.1, -0.05) is 30.9 Å². The van der Waals surface area contributed by atoms with E-state index in [9.17, 15) is 8.42 Å². The van der Waals surface area contributed by atoms with E-state index in [-0.39, 0.29) is 4.90 Å². The molecule has 1 N–H and O–H groups in total. The first kappa shape index (κ1) is 20.5. The van der Waals surface area contributed by atoms with Crippen molar-refractivity contribution >= 4 is 38.7 Å². The summed E-state index contributed by atoms with van der Waals surface area (Å²) in [5.74, 6) is 1.78. The summed E-state index contributed by atoms with van der Waals surface area (Å²) in [6.45, 7) is 4.44. The number of unbranched alkanes of at least 4 members (excludes halogenated alkanes) is 1. The zero-order chi connectivity index (χ0) is 20.0. The van der Waals surface area contributed by atoms with Gasteiger partial charge in [-0.2, -0.15) is 8.42 Å². The molecule has 146 valence electrons. The van der Waals surface area contributed by atoms with E-state index in [0.29, 0.717) is 6.61 Å². The summed E-state index contributed by atoms with van der Waals surface area (Å²) in [6.07, 6.45) is 3.76. The minimum Gasteiger partial charge on any atom is -0.494 e. The lowest BCUT2D eigenvalue weighted by Gasteiger charge is -2.08. The predicted molar refractivity (Wildman–Crippen MR) is 116 cm³/mol. The Bertz CT molecular complexity index is 1060. The van der Waals surface area contributed by atoms with E-state index >= 15 is 0 Å². The Balaban J connectivity index is 1.41. The third-order valence-corrected chi connectivity index (χ3v) is 6.24. The molecule has 0 atom stereocenters. The first-order valence-corrected chi connectivity index (χ1v) is 11.4. The number of benzene rings is 3. The lowest BCUT2D eigenvalue weighted by molar-refractivity contribution is 0.310. The summed E-state index contributed by atoms with van der Waals surface area (Å²) in [4.78, 5) is 0.892.